The fourth-order valence-electron chi connectivity index (χ4n) is 14.0. The lowest BCUT2D eigenvalue weighted by Gasteiger charge is -2.43. The third-order valence-corrected chi connectivity index (χ3v) is 21.4. The number of carbonyl (C=O) groups is 14. The Hall–Kier alpha value is -8.39. The highest BCUT2D eigenvalue weighted by Crippen LogP contribution is 2.38. The monoisotopic (exact) mass is 1720 g/mol. The zero-order valence-electron chi connectivity index (χ0n) is 71.3. The molecule has 1 aromatic rings. The Kier molecular flexibility index (Phi) is 47.5. The molecule has 0 radical (unpaired) electrons. The van der Waals surface area contributed by atoms with E-state index in [4.69, 9.17) is 56.8 Å². The van der Waals surface area contributed by atoms with E-state index < -0.39 is 175 Å². The lowest BCUT2D eigenvalue weighted by atomic mass is 9.82. The fraction of sp³-hybridized carbons (Fsp3) is 0.759. The number of nitrogens with one attached hydrogen (secondary N) is 5. The molecule has 37 heteroatoms. The number of hydrogen-bond donors (Lipinski definition) is 5. The average Bonchev–Trinajstić information content (AvgIpc) is 0.833. The summed E-state index contributed by atoms with van der Waals surface area (Å²) in [5.41, 5.74) is -1.50. The highest BCUT2D eigenvalue weighted by Gasteiger charge is 2.48. The molecule has 3 aliphatic rings. The topological polar surface area (TPSA) is 419 Å². The van der Waals surface area contributed by atoms with Crippen LogP contribution in [-0.4, -0.2) is 210 Å². The number of esters is 7. The van der Waals surface area contributed by atoms with Crippen molar-refractivity contribution in [3.63, 3.8) is 0 Å². The lowest BCUT2D eigenvalue weighted by molar-refractivity contribution is -0.273. The molecule has 3 aliphatic heterocycles. The summed E-state index contributed by atoms with van der Waals surface area (Å²) >= 11 is 0. The maximum atomic E-state index is 14.5. The molecule has 16 atom stereocenters. The van der Waals surface area contributed by atoms with Crippen LogP contribution in [0, 0.1) is 64.6 Å². The minimum Gasteiger partial charge on any atom is -0.463 e. The van der Waals surface area contributed by atoms with Gasteiger partial charge in [0.2, 0.25) is 64.4 Å². The Labute approximate surface area is 698 Å². The molecule has 1 aromatic carbocycles. The van der Waals surface area contributed by atoms with E-state index in [1.807, 2.05) is 41.5 Å². The molecular formula is C83H126F5N5O27. The average molecular weight is 1720 g/mol. The van der Waals surface area contributed by atoms with Gasteiger partial charge in [-0.2, -0.15) is 8.78 Å². The first-order chi connectivity index (χ1) is 56.8. The molecule has 680 valence electrons. The Bertz CT molecular complexity index is 3220. The summed E-state index contributed by atoms with van der Waals surface area (Å²) < 4.78 is 144. The van der Waals surface area contributed by atoms with Gasteiger partial charge in [-0.1, -0.05) is 41.5 Å². The minimum atomic E-state index is -2.48. The summed E-state index contributed by atoms with van der Waals surface area (Å²) in [6.07, 6.45) is -3.87. The Balaban J connectivity index is 1.38. The molecule has 3 fully saturated rings. The minimum absolute atomic E-state index is 0.0184. The van der Waals surface area contributed by atoms with Crippen molar-refractivity contribution in [3.05, 3.63) is 29.1 Å². The van der Waals surface area contributed by atoms with Crippen LogP contribution in [0.1, 0.15) is 244 Å². The molecule has 0 spiro atoms. The number of rotatable bonds is 56. The summed E-state index contributed by atoms with van der Waals surface area (Å²) in [5.74, 6) is -22.3. The maximum absolute atomic E-state index is 14.5. The van der Waals surface area contributed by atoms with Gasteiger partial charge in [0.25, 0.3) is 0 Å². The van der Waals surface area contributed by atoms with Crippen LogP contribution >= 0.6 is 0 Å². The van der Waals surface area contributed by atoms with E-state index in [9.17, 15) is 89.1 Å². The summed E-state index contributed by atoms with van der Waals surface area (Å²) in [4.78, 5) is 177. The highest BCUT2D eigenvalue weighted by molar-refractivity contribution is 5.82. The predicted molar refractivity (Wildman–Crippen MR) is 416 cm³/mol. The maximum Gasteiger partial charge on any atom is 0.311 e. The molecule has 120 heavy (non-hydrogen) atoms. The van der Waals surface area contributed by atoms with Crippen molar-refractivity contribution < 1.29 is 151 Å². The zero-order valence-corrected chi connectivity index (χ0v) is 71.3. The Morgan fingerprint density at radius 3 is 0.975 bits per heavy atom. The van der Waals surface area contributed by atoms with Crippen molar-refractivity contribution in [1.82, 2.24) is 26.6 Å². The first kappa shape index (κ1) is 104. The molecule has 3 saturated heterocycles. The number of ether oxygens (including phenoxy) is 13. The van der Waals surface area contributed by atoms with Crippen molar-refractivity contribution in [2.24, 2.45) is 35.5 Å². The molecule has 4 rings (SSSR count). The number of unbranched alkanes of at least 4 members (excludes halogenated alkanes) is 5. The van der Waals surface area contributed by atoms with Gasteiger partial charge < -0.3 is 88.2 Å². The van der Waals surface area contributed by atoms with Crippen LogP contribution in [0.4, 0.5) is 22.0 Å². The third-order valence-electron chi connectivity index (χ3n) is 21.4. The van der Waals surface area contributed by atoms with Gasteiger partial charge in [0.1, 0.15) is 68.0 Å². The van der Waals surface area contributed by atoms with Crippen molar-refractivity contribution >= 4 is 82.9 Å². The summed E-state index contributed by atoms with van der Waals surface area (Å²) in [6, 6.07) is 0. The third kappa shape index (κ3) is 38.4. The summed E-state index contributed by atoms with van der Waals surface area (Å²) in [5, 5.41) is 14.1. The second-order valence-corrected chi connectivity index (χ2v) is 31.2. The highest BCUT2D eigenvalue weighted by atomic mass is 19.2. The van der Waals surface area contributed by atoms with Crippen molar-refractivity contribution in [2.75, 3.05) is 65.8 Å². The van der Waals surface area contributed by atoms with Crippen LogP contribution < -0.4 is 31.3 Å². The lowest BCUT2D eigenvalue weighted by Crippen LogP contribution is -2.53. The quantitative estimate of drug-likeness (QED) is 0.00772. The van der Waals surface area contributed by atoms with Crippen molar-refractivity contribution in [1.29, 1.82) is 0 Å². The van der Waals surface area contributed by atoms with E-state index in [0.29, 0.717) is 64.2 Å². The largest absolute Gasteiger partial charge is 0.463 e. The molecule has 5 amide bonds. The van der Waals surface area contributed by atoms with Gasteiger partial charge >= 0.3 is 41.8 Å². The van der Waals surface area contributed by atoms with Crippen LogP contribution in [0.5, 0.6) is 5.75 Å². The van der Waals surface area contributed by atoms with Crippen LogP contribution in [0.2, 0.25) is 0 Å². The summed E-state index contributed by atoms with van der Waals surface area (Å²) in [7, 11) is 0. The number of amides is 5. The first-order valence-corrected chi connectivity index (χ1v) is 41.7. The fourth-order valence-corrected chi connectivity index (χ4v) is 14.0. The molecule has 0 aliphatic carbocycles. The number of hydrogen-bond acceptors (Lipinski definition) is 27. The van der Waals surface area contributed by atoms with Crippen molar-refractivity contribution in [2.45, 2.75) is 305 Å². The molecule has 32 nitrogen and oxygen atoms in total. The second kappa shape index (κ2) is 54.9. The number of carbonyl (C=O) groups excluding carboxylic acids is 14. The van der Waals surface area contributed by atoms with Gasteiger partial charge in [-0.3, -0.25) is 67.1 Å². The predicted octanol–water partition coefficient (Wildman–Crippen LogP) is 9.02. The van der Waals surface area contributed by atoms with Gasteiger partial charge in [0.05, 0.1) is 0 Å². The number of benzene rings is 1. The summed E-state index contributed by atoms with van der Waals surface area (Å²) in [6.45, 7) is 19.8. The van der Waals surface area contributed by atoms with E-state index in [2.05, 4.69) is 31.3 Å². The van der Waals surface area contributed by atoms with Gasteiger partial charge in [-0.15, -0.1) is 0 Å². The van der Waals surface area contributed by atoms with Gasteiger partial charge in [0, 0.05) is 193 Å². The smallest absolute Gasteiger partial charge is 0.311 e. The number of halogens is 5. The van der Waals surface area contributed by atoms with E-state index in [1.165, 1.54) is 41.5 Å². The van der Waals surface area contributed by atoms with Crippen LogP contribution in [0.15, 0.2) is 0 Å². The SMILES string of the molecule is CC(=O)OCC1OC(OCCCCC(=O)CCCCNC(=O)CCC(CCC(=O)CCCCNC(=O)CCCCOC2OC(COC(C)=O)C(OC(C)=O)C(C)C2C)(CCC(=O)NCCCNC(=O)CCCCOC2OC(COC(C)=O)C(OC(C)=O)C(C)C2C)NC(=O)CCCC(=O)Oc2c(F)c(F)c(F)c(F)c2F)C(C)C(C)C1OC(C)=O. The Morgan fingerprint density at radius 2 is 0.625 bits per heavy atom. The second-order valence-electron chi connectivity index (χ2n) is 31.2. The molecular weight excluding hydrogens is 1590 g/mol. The van der Waals surface area contributed by atoms with Crippen molar-refractivity contribution in [3.8, 4) is 5.75 Å². The normalized spacial score (nSPS) is 23.2. The molecule has 16 unspecified atom stereocenters. The van der Waals surface area contributed by atoms with Crippen LogP contribution in [0.25, 0.3) is 0 Å². The number of Topliss-reactive ketones (excluding diaryl/α,β-unsaturated/α-hetero) is 2. The molecule has 5 N–H and O–H groups in total. The van der Waals surface area contributed by atoms with E-state index >= 15 is 0 Å². The van der Waals surface area contributed by atoms with Gasteiger partial charge in [-0.05, 0) is 96.3 Å². The molecule has 0 aromatic heterocycles. The van der Waals surface area contributed by atoms with E-state index in [0.717, 1.165) is 0 Å². The van der Waals surface area contributed by atoms with E-state index in [1.54, 1.807) is 0 Å². The molecule has 0 saturated carbocycles. The van der Waals surface area contributed by atoms with Gasteiger partial charge in [-0.25, -0.2) is 13.2 Å². The van der Waals surface area contributed by atoms with Crippen LogP contribution in [-0.2, 0) is 124 Å². The molecule has 3 heterocycles. The zero-order chi connectivity index (χ0) is 89.2. The van der Waals surface area contributed by atoms with Crippen LogP contribution in [0.3, 0.4) is 0 Å². The van der Waals surface area contributed by atoms with E-state index in [-0.39, 0.29) is 202 Å². The standard InChI is InChI=1S/C83H126F5N5O27/c1-48-51(4)80(117-62(45-111-54(7)94)76(48)114-57(10)97)108-42-20-15-27-60(100)25-13-18-39-90-67(104)33-36-83(93-69(106)30-23-31-70(107)120-79-74(87)72(85)71(84)73(86)75(79)88,35-32-61(101)26-14-19-38-89-65(102)28-16-21-43-109-81-52(5)49(2)77(115-58(11)98)63(118-81)46-112-55(8)95)37-34-68(105)92-41-24-40-91-66(103)29-17-22-44-110-82-53(6)50(3)78(116-59(12)99)64(119-82)47-113-56(9)96/h48-53,62-64,76-78,80-82H,13-47H2,1-12H3,(H,89,102)(H,90,104)(H,91,103)(H,92,105)(H,93,106). The first-order valence-electron chi connectivity index (χ1n) is 41.7. The van der Waals surface area contributed by atoms with Gasteiger partial charge in [0.15, 0.2) is 18.9 Å². The Morgan fingerprint density at radius 1 is 0.325 bits per heavy atom. The molecule has 0 bridgehead atoms. The number of ketones is 2.